The highest BCUT2D eigenvalue weighted by molar-refractivity contribution is 6.31. The number of fused-ring (bicyclic) bond motifs is 3. The number of ether oxygens (including phenoxy) is 1. The summed E-state index contributed by atoms with van der Waals surface area (Å²) in [6, 6.07) is 4.76. The Kier molecular flexibility index (Phi) is 2.90. The Morgan fingerprint density at radius 1 is 1.55 bits per heavy atom. The minimum absolute atomic E-state index is 0.147. The summed E-state index contributed by atoms with van der Waals surface area (Å²) in [5.74, 6) is -0.566. The molecule has 0 atom stereocenters. The molecule has 1 aromatic carbocycles. The zero-order valence-electron chi connectivity index (χ0n) is 10.4. The largest absolute Gasteiger partial charge is 0.594 e. The van der Waals surface area contributed by atoms with Crippen LogP contribution in [-0.4, -0.2) is 27.3 Å². The molecule has 8 heteroatoms. The van der Waals surface area contributed by atoms with Crippen molar-refractivity contribution in [3.63, 3.8) is 0 Å². The number of benzene rings is 1. The van der Waals surface area contributed by atoms with Crippen molar-refractivity contribution in [1.29, 1.82) is 0 Å². The van der Waals surface area contributed by atoms with Crippen molar-refractivity contribution in [3.8, 4) is 0 Å². The summed E-state index contributed by atoms with van der Waals surface area (Å²) in [6.07, 6.45) is 1.33. The monoisotopic (exact) mass is 292 g/mol. The van der Waals surface area contributed by atoms with E-state index in [0.29, 0.717) is 15.4 Å². The third-order valence-electron chi connectivity index (χ3n) is 2.80. The molecule has 0 aliphatic rings. The first-order valence-corrected chi connectivity index (χ1v) is 6.23. The number of carbonyl (C=O) groups is 1. The molecule has 0 spiro atoms. The van der Waals surface area contributed by atoms with Crippen molar-refractivity contribution < 1.29 is 14.4 Å². The van der Waals surface area contributed by atoms with Crippen molar-refractivity contribution in [2.24, 2.45) is 0 Å². The molecule has 0 amide bonds. The Hall–Kier alpha value is -2.41. The molecule has 0 fully saturated rings. The number of hydrogen-bond acceptors (Lipinski definition) is 5. The Morgan fingerprint density at radius 3 is 3.10 bits per heavy atom. The number of hydrogen-bond donors (Lipinski definition) is 0. The topological polar surface area (TPSA) is 83.4 Å². The molecule has 2 aromatic heterocycles. The Labute approximate surface area is 117 Å². The molecule has 0 N–H and O–H groups in total. The molecule has 7 nitrogen and oxygen atoms in total. The number of carbonyl (C=O) groups excluding carboxylic acids is 1. The van der Waals surface area contributed by atoms with Crippen molar-refractivity contribution >= 4 is 34.3 Å². The maximum absolute atomic E-state index is 11.9. The molecule has 20 heavy (non-hydrogen) atoms. The second-order valence-electron chi connectivity index (χ2n) is 4.02. The third-order valence-corrected chi connectivity index (χ3v) is 3.03. The van der Waals surface area contributed by atoms with Crippen molar-refractivity contribution in [1.82, 2.24) is 14.7 Å². The molecule has 0 radical (unpaired) electrons. The van der Waals surface area contributed by atoms with Gasteiger partial charge in [-0.15, -0.1) is 0 Å². The molecule has 102 valence electrons. The van der Waals surface area contributed by atoms with Gasteiger partial charge in [-0.1, -0.05) is 11.6 Å². The normalized spacial score (nSPS) is 11.1. The summed E-state index contributed by atoms with van der Waals surface area (Å²) in [5, 5.41) is 20.2. The Morgan fingerprint density at radius 2 is 2.35 bits per heavy atom. The van der Waals surface area contributed by atoms with Gasteiger partial charge in [0.15, 0.2) is 0 Å². The van der Waals surface area contributed by atoms with Crippen LogP contribution in [0.1, 0.15) is 17.3 Å². The fourth-order valence-electron chi connectivity index (χ4n) is 1.94. The van der Waals surface area contributed by atoms with Gasteiger partial charge in [0.05, 0.1) is 12.8 Å². The molecule has 0 aliphatic carbocycles. The number of aromatic nitrogens is 4. The predicted octanol–water partition coefficient (Wildman–Crippen LogP) is 1.35. The van der Waals surface area contributed by atoms with Crippen LogP contribution in [0.5, 0.6) is 0 Å². The molecule has 0 saturated heterocycles. The highest BCUT2D eigenvalue weighted by atomic mass is 35.5. The first-order chi connectivity index (χ1) is 9.61. The van der Waals surface area contributed by atoms with Crippen molar-refractivity contribution in [2.45, 2.75) is 6.92 Å². The number of nitrogens with zero attached hydrogens (tertiary/aromatic N) is 4. The van der Waals surface area contributed by atoms with Crippen LogP contribution in [0, 0.1) is 5.21 Å². The number of esters is 1. The fraction of sp³-hybridized carbons (Fsp3) is 0.167. The van der Waals surface area contributed by atoms with Gasteiger partial charge in [0.2, 0.25) is 5.65 Å². The van der Waals surface area contributed by atoms with E-state index in [0.717, 1.165) is 0 Å². The highest BCUT2D eigenvalue weighted by Crippen LogP contribution is 2.18. The SMILES string of the molecule is CCOC(=O)c1cnn2c1n[n+]([O-])c1cc(Cl)ccc12. The van der Waals surface area contributed by atoms with E-state index < -0.39 is 5.97 Å². The van der Waals surface area contributed by atoms with E-state index in [1.54, 1.807) is 19.1 Å². The molecule has 0 unspecified atom stereocenters. The van der Waals surface area contributed by atoms with Crippen LogP contribution in [0.25, 0.3) is 16.7 Å². The first kappa shape index (κ1) is 12.6. The van der Waals surface area contributed by atoms with Gasteiger partial charge in [0.1, 0.15) is 11.1 Å². The summed E-state index contributed by atoms with van der Waals surface area (Å²) in [5.41, 5.74) is 1.06. The van der Waals surface area contributed by atoms with Gasteiger partial charge in [-0.05, 0) is 23.9 Å². The maximum atomic E-state index is 11.9. The van der Waals surface area contributed by atoms with E-state index in [1.807, 2.05) is 0 Å². The van der Waals surface area contributed by atoms with E-state index in [2.05, 4.69) is 10.2 Å². The quantitative estimate of drug-likeness (QED) is 0.404. The number of halogens is 1. The van der Waals surface area contributed by atoms with Gasteiger partial charge in [0, 0.05) is 16.2 Å². The van der Waals surface area contributed by atoms with Gasteiger partial charge in [-0.3, -0.25) is 0 Å². The van der Waals surface area contributed by atoms with Crippen molar-refractivity contribution in [3.05, 3.63) is 40.2 Å². The standard InChI is InChI=1S/C12H9ClN4O3/c1-2-20-12(18)8-6-14-16-9-4-3-7(13)5-10(9)17(19)15-11(8)16/h3-6H,2H2,1H3. The lowest BCUT2D eigenvalue weighted by molar-refractivity contribution is -0.640. The molecule has 3 rings (SSSR count). The second kappa shape index (κ2) is 4.61. The van der Waals surface area contributed by atoms with Gasteiger partial charge >= 0.3 is 5.97 Å². The summed E-state index contributed by atoms with van der Waals surface area (Å²) in [7, 11) is 0. The lowest BCUT2D eigenvalue weighted by Gasteiger charge is -2.02. The summed E-state index contributed by atoms with van der Waals surface area (Å²) in [6.45, 7) is 1.93. The highest BCUT2D eigenvalue weighted by Gasteiger charge is 2.21. The Balaban J connectivity index is 2.32. The predicted molar refractivity (Wildman–Crippen MR) is 70.4 cm³/mol. The van der Waals surface area contributed by atoms with Crippen LogP contribution in [0.3, 0.4) is 0 Å². The molecular weight excluding hydrogens is 284 g/mol. The van der Waals surface area contributed by atoms with Gasteiger partial charge in [-0.25, -0.2) is 9.31 Å². The molecular formula is C12H9ClN4O3. The molecule has 0 bridgehead atoms. The maximum Gasteiger partial charge on any atom is 0.343 e. The van der Waals surface area contributed by atoms with Crippen LogP contribution in [0.15, 0.2) is 24.4 Å². The van der Waals surface area contributed by atoms with E-state index in [4.69, 9.17) is 16.3 Å². The molecule has 2 heterocycles. The van der Waals surface area contributed by atoms with E-state index in [9.17, 15) is 10.0 Å². The van der Waals surface area contributed by atoms with Crippen LogP contribution in [-0.2, 0) is 4.74 Å². The second-order valence-corrected chi connectivity index (χ2v) is 4.46. The average Bonchev–Trinajstić information content (AvgIpc) is 2.83. The number of rotatable bonds is 2. The van der Waals surface area contributed by atoms with Crippen molar-refractivity contribution in [2.75, 3.05) is 6.61 Å². The smallest absolute Gasteiger partial charge is 0.343 e. The summed E-state index contributed by atoms with van der Waals surface area (Å²) in [4.78, 5) is 12.2. The zero-order chi connectivity index (χ0) is 14.3. The lowest BCUT2D eigenvalue weighted by Crippen LogP contribution is -2.33. The average molecular weight is 293 g/mol. The molecule has 0 aliphatic heterocycles. The van der Waals surface area contributed by atoms with Gasteiger partial charge in [0.25, 0.3) is 5.52 Å². The van der Waals surface area contributed by atoms with Gasteiger partial charge in [-0.2, -0.15) is 5.10 Å². The first-order valence-electron chi connectivity index (χ1n) is 5.85. The fourth-order valence-corrected chi connectivity index (χ4v) is 2.10. The van der Waals surface area contributed by atoms with Crippen LogP contribution in [0.2, 0.25) is 5.02 Å². The lowest BCUT2D eigenvalue weighted by atomic mass is 10.3. The van der Waals surface area contributed by atoms with E-state index in [1.165, 1.54) is 16.8 Å². The van der Waals surface area contributed by atoms with Gasteiger partial charge < -0.3 is 9.94 Å². The third kappa shape index (κ3) is 1.83. The van der Waals surface area contributed by atoms with E-state index in [-0.39, 0.29) is 23.3 Å². The molecule has 0 saturated carbocycles. The van der Waals surface area contributed by atoms with Crippen LogP contribution >= 0.6 is 11.6 Å². The minimum atomic E-state index is -0.566. The molecule has 3 aromatic rings. The zero-order valence-corrected chi connectivity index (χ0v) is 11.2. The summed E-state index contributed by atoms with van der Waals surface area (Å²) >= 11 is 5.85. The summed E-state index contributed by atoms with van der Waals surface area (Å²) < 4.78 is 6.31. The van der Waals surface area contributed by atoms with E-state index >= 15 is 0 Å². The van der Waals surface area contributed by atoms with Crippen LogP contribution in [0.4, 0.5) is 0 Å². The minimum Gasteiger partial charge on any atom is -0.594 e. The van der Waals surface area contributed by atoms with Crippen LogP contribution < -0.4 is 4.85 Å². The Bertz CT molecular complexity index is 830.